The third kappa shape index (κ3) is 7.72. The van der Waals surface area contributed by atoms with Crippen LogP contribution in [0.25, 0.3) is 0 Å². The molecular weight excluding hydrogens is 378 g/mol. The first-order chi connectivity index (χ1) is 13.5. The molecule has 0 aromatic heterocycles. The first-order valence-electron chi connectivity index (χ1n) is 9.54. The number of hydrogen-bond donors (Lipinski definition) is 3. The summed E-state index contributed by atoms with van der Waals surface area (Å²) in [7, 11) is 0. The predicted octanol–water partition coefficient (Wildman–Crippen LogP) is 2.23. The Kier molecular flexibility index (Phi) is 9.00. The average molecular weight is 406 g/mol. The topological polar surface area (TPSA) is 104 Å². The standard InChI is InChI=1S/C20H27N3O4S/c1-14(24)28-13-7-3-6-10-16(19(26)21-15-8-4-2-5-9-15)23-20(27)17-11-12-18(25)22-17/h2,4-5,8-9,16-17H,3,6-7,10-13H2,1H3,(H,21,26)(H,22,25)(H,23,27). The molecule has 7 nitrogen and oxygen atoms in total. The molecule has 28 heavy (non-hydrogen) atoms. The molecule has 1 saturated heterocycles. The van der Waals surface area contributed by atoms with Crippen LogP contribution in [0.5, 0.6) is 0 Å². The van der Waals surface area contributed by atoms with Crippen LogP contribution in [0.2, 0.25) is 0 Å². The van der Waals surface area contributed by atoms with Gasteiger partial charge in [0, 0.05) is 24.8 Å². The second kappa shape index (κ2) is 11.5. The van der Waals surface area contributed by atoms with E-state index in [1.54, 1.807) is 19.1 Å². The van der Waals surface area contributed by atoms with Crippen molar-refractivity contribution in [3.8, 4) is 0 Å². The average Bonchev–Trinajstić information content (AvgIpc) is 3.10. The minimum absolute atomic E-state index is 0.103. The Morgan fingerprint density at radius 3 is 2.57 bits per heavy atom. The molecule has 8 heteroatoms. The van der Waals surface area contributed by atoms with Gasteiger partial charge in [-0.1, -0.05) is 42.8 Å². The summed E-state index contributed by atoms with van der Waals surface area (Å²) in [4.78, 5) is 47.4. The molecule has 1 fully saturated rings. The van der Waals surface area contributed by atoms with Crippen LogP contribution in [-0.4, -0.2) is 40.7 Å². The molecule has 0 radical (unpaired) electrons. The molecule has 2 rings (SSSR count). The SMILES string of the molecule is CC(=O)SCCCCCC(NC(=O)C1CCC(=O)N1)C(=O)Nc1ccccc1. The van der Waals surface area contributed by atoms with Crippen LogP contribution in [-0.2, 0) is 19.2 Å². The molecule has 3 N–H and O–H groups in total. The van der Waals surface area contributed by atoms with E-state index >= 15 is 0 Å². The fourth-order valence-corrected chi connectivity index (χ4v) is 3.58. The van der Waals surface area contributed by atoms with Crippen molar-refractivity contribution >= 4 is 40.3 Å². The fourth-order valence-electron chi connectivity index (χ4n) is 2.95. The van der Waals surface area contributed by atoms with Crippen LogP contribution in [0.15, 0.2) is 30.3 Å². The zero-order valence-corrected chi connectivity index (χ0v) is 16.8. The van der Waals surface area contributed by atoms with E-state index in [-0.39, 0.29) is 22.8 Å². The zero-order valence-electron chi connectivity index (χ0n) is 16.0. The van der Waals surface area contributed by atoms with Gasteiger partial charge in [0.2, 0.25) is 17.7 Å². The van der Waals surface area contributed by atoms with E-state index in [1.807, 2.05) is 18.2 Å². The highest BCUT2D eigenvalue weighted by atomic mass is 32.2. The van der Waals surface area contributed by atoms with Crippen LogP contribution in [0.1, 0.15) is 45.4 Å². The number of hydrogen-bond acceptors (Lipinski definition) is 5. The molecule has 152 valence electrons. The summed E-state index contributed by atoms with van der Waals surface area (Å²) in [6.45, 7) is 1.55. The van der Waals surface area contributed by atoms with E-state index in [1.165, 1.54) is 11.8 Å². The lowest BCUT2D eigenvalue weighted by Crippen LogP contribution is -2.50. The summed E-state index contributed by atoms with van der Waals surface area (Å²) < 4.78 is 0. The van der Waals surface area contributed by atoms with Crippen LogP contribution in [0.4, 0.5) is 5.69 Å². The van der Waals surface area contributed by atoms with Crippen molar-refractivity contribution in [3.63, 3.8) is 0 Å². The summed E-state index contributed by atoms with van der Waals surface area (Å²) in [6.07, 6.45) is 3.76. The van der Waals surface area contributed by atoms with Crippen molar-refractivity contribution in [3.05, 3.63) is 30.3 Å². The monoisotopic (exact) mass is 405 g/mol. The number of rotatable bonds is 10. The third-order valence-electron chi connectivity index (χ3n) is 4.43. The first kappa shape index (κ1) is 21.9. The maximum atomic E-state index is 12.7. The molecule has 0 aliphatic carbocycles. The number of benzene rings is 1. The molecule has 1 aliphatic rings. The van der Waals surface area contributed by atoms with Crippen LogP contribution in [0.3, 0.4) is 0 Å². The Morgan fingerprint density at radius 2 is 1.93 bits per heavy atom. The molecule has 2 unspecified atom stereocenters. The molecule has 1 aliphatic heterocycles. The van der Waals surface area contributed by atoms with Crippen molar-refractivity contribution in [1.29, 1.82) is 0 Å². The second-order valence-electron chi connectivity index (χ2n) is 6.76. The number of para-hydroxylation sites is 1. The number of anilines is 1. The molecule has 1 aromatic carbocycles. The Balaban J connectivity index is 1.88. The van der Waals surface area contributed by atoms with Gasteiger partial charge in [-0.3, -0.25) is 19.2 Å². The number of thioether (sulfide) groups is 1. The number of unbranched alkanes of at least 4 members (excludes halogenated alkanes) is 2. The fraction of sp³-hybridized carbons (Fsp3) is 0.500. The lowest BCUT2D eigenvalue weighted by molar-refractivity contribution is -0.128. The summed E-state index contributed by atoms with van der Waals surface area (Å²) in [5, 5.41) is 8.34. The Bertz CT molecular complexity index is 696. The summed E-state index contributed by atoms with van der Waals surface area (Å²) in [5.74, 6) is 0.0121. The molecule has 0 saturated carbocycles. The maximum Gasteiger partial charge on any atom is 0.246 e. The van der Waals surface area contributed by atoms with Gasteiger partial charge in [0.25, 0.3) is 0 Å². The lowest BCUT2D eigenvalue weighted by atomic mass is 10.1. The number of amides is 3. The Hall–Kier alpha value is -2.35. The van der Waals surface area contributed by atoms with E-state index in [0.29, 0.717) is 24.9 Å². The number of carbonyl (C=O) groups excluding carboxylic acids is 4. The van der Waals surface area contributed by atoms with Crippen LogP contribution in [0, 0.1) is 0 Å². The van der Waals surface area contributed by atoms with Gasteiger partial charge < -0.3 is 16.0 Å². The summed E-state index contributed by atoms with van der Waals surface area (Å²) in [6, 6.07) is 7.82. The van der Waals surface area contributed by atoms with Gasteiger partial charge in [-0.2, -0.15) is 0 Å². The second-order valence-corrected chi connectivity index (χ2v) is 8.04. The van der Waals surface area contributed by atoms with Gasteiger partial charge in [-0.05, 0) is 31.4 Å². The molecule has 0 bridgehead atoms. The Labute approximate surface area is 169 Å². The molecule has 0 spiro atoms. The van der Waals surface area contributed by atoms with Gasteiger partial charge in [0.05, 0.1) is 0 Å². The van der Waals surface area contributed by atoms with Gasteiger partial charge >= 0.3 is 0 Å². The molecule has 1 aromatic rings. The highest BCUT2D eigenvalue weighted by molar-refractivity contribution is 8.13. The highest BCUT2D eigenvalue weighted by Gasteiger charge is 2.30. The molecule has 3 amide bonds. The zero-order chi connectivity index (χ0) is 20.4. The van der Waals surface area contributed by atoms with Crippen LogP contribution < -0.4 is 16.0 Å². The van der Waals surface area contributed by atoms with Crippen molar-refractivity contribution in [1.82, 2.24) is 10.6 Å². The van der Waals surface area contributed by atoms with Crippen molar-refractivity contribution in [2.75, 3.05) is 11.1 Å². The van der Waals surface area contributed by atoms with Crippen molar-refractivity contribution < 1.29 is 19.2 Å². The number of nitrogens with one attached hydrogen (secondary N) is 3. The van der Waals surface area contributed by atoms with Gasteiger partial charge in [0.15, 0.2) is 5.12 Å². The maximum absolute atomic E-state index is 12.7. The molecular formula is C20H27N3O4S. The van der Waals surface area contributed by atoms with E-state index < -0.39 is 12.1 Å². The molecule has 1 heterocycles. The third-order valence-corrected chi connectivity index (χ3v) is 5.33. The normalized spacial score (nSPS) is 16.9. The highest BCUT2D eigenvalue weighted by Crippen LogP contribution is 2.13. The Morgan fingerprint density at radius 1 is 1.18 bits per heavy atom. The molecule has 2 atom stereocenters. The van der Waals surface area contributed by atoms with Gasteiger partial charge in [0.1, 0.15) is 12.1 Å². The largest absolute Gasteiger partial charge is 0.344 e. The van der Waals surface area contributed by atoms with Crippen molar-refractivity contribution in [2.45, 2.75) is 57.5 Å². The van der Waals surface area contributed by atoms with E-state index in [0.717, 1.165) is 25.0 Å². The van der Waals surface area contributed by atoms with E-state index in [2.05, 4.69) is 16.0 Å². The minimum atomic E-state index is -0.675. The van der Waals surface area contributed by atoms with Gasteiger partial charge in [-0.25, -0.2) is 0 Å². The van der Waals surface area contributed by atoms with E-state index in [4.69, 9.17) is 0 Å². The summed E-state index contributed by atoms with van der Waals surface area (Å²) >= 11 is 1.30. The van der Waals surface area contributed by atoms with Crippen molar-refractivity contribution in [2.24, 2.45) is 0 Å². The summed E-state index contributed by atoms with van der Waals surface area (Å²) in [5.41, 5.74) is 0.666. The smallest absolute Gasteiger partial charge is 0.246 e. The quantitative estimate of drug-likeness (QED) is 0.518. The lowest BCUT2D eigenvalue weighted by Gasteiger charge is -2.20. The minimum Gasteiger partial charge on any atom is -0.344 e. The van der Waals surface area contributed by atoms with Crippen LogP contribution >= 0.6 is 11.8 Å². The predicted molar refractivity (Wildman–Crippen MR) is 110 cm³/mol. The first-order valence-corrected chi connectivity index (χ1v) is 10.5. The van der Waals surface area contributed by atoms with Gasteiger partial charge in [-0.15, -0.1) is 0 Å². The number of carbonyl (C=O) groups is 4. The van der Waals surface area contributed by atoms with E-state index in [9.17, 15) is 19.2 Å².